The summed E-state index contributed by atoms with van der Waals surface area (Å²) in [5.74, 6) is -1.02. The first-order valence-corrected chi connectivity index (χ1v) is 9.10. The van der Waals surface area contributed by atoms with Crippen molar-refractivity contribution in [1.29, 1.82) is 0 Å². The Labute approximate surface area is 145 Å². The van der Waals surface area contributed by atoms with Crippen LogP contribution in [-0.4, -0.2) is 16.7 Å². The molecule has 9 heteroatoms. The van der Waals surface area contributed by atoms with E-state index in [-0.39, 0.29) is 9.88 Å². The molecule has 0 bridgehead atoms. The highest BCUT2D eigenvalue weighted by Gasteiger charge is 2.25. The molecular formula is C15H15N3O4S2. The third-order valence-electron chi connectivity index (χ3n) is 3.89. The van der Waals surface area contributed by atoms with Crippen molar-refractivity contribution in [3.8, 4) is 0 Å². The second-order valence-corrected chi connectivity index (χ2v) is 7.65. The molecule has 2 heterocycles. The number of nitro groups is 1. The zero-order chi connectivity index (χ0) is 17.3. The molecule has 0 spiro atoms. The molecule has 3 N–H and O–H groups in total. The third kappa shape index (κ3) is 3.17. The molecule has 0 atom stereocenters. The second-order valence-electron chi connectivity index (χ2n) is 5.48. The summed E-state index contributed by atoms with van der Waals surface area (Å²) in [5, 5.41) is 13.8. The number of nitrogens with two attached hydrogens (primary N) is 1. The molecule has 0 unspecified atom stereocenters. The van der Waals surface area contributed by atoms with Crippen molar-refractivity contribution < 1.29 is 14.5 Å². The summed E-state index contributed by atoms with van der Waals surface area (Å²) in [6.45, 7) is 0. The van der Waals surface area contributed by atoms with E-state index in [9.17, 15) is 19.7 Å². The van der Waals surface area contributed by atoms with Gasteiger partial charge in [0.1, 0.15) is 5.00 Å². The topological polar surface area (TPSA) is 115 Å². The largest absolute Gasteiger partial charge is 0.365 e. The quantitative estimate of drug-likeness (QED) is 0.491. The van der Waals surface area contributed by atoms with Gasteiger partial charge in [-0.3, -0.25) is 19.7 Å². The minimum Gasteiger partial charge on any atom is -0.365 e. The van der Waals surface area contributed by atoms with Gasteiger partial charge in [0.2, 0.25) is 0 Å². The number of carbonyl (C=O) groups excluding carboxylic acids is 2. The molecule has 1 aliphatic rings. The van der Waals surface area contributed by atoms with Crippen LogP contribution in [0.2, 0.25) is 0 Å². The van der Waals surface area contributed by atoms with Crippen LogP contribution in [0.1, 0.15) is 49.7 Å². The van der Waals surface area contributed by atoms with Crippen molar-refractivity contribution in [3.63, 3.8) is 0 Å². The Balaban J connectivity index is 1.90. The van der Waals surface area contributed by atoms with Gasteiger partial charge in [-0.15, -0.1) is 11.3 Å². The number of fused-ring (bicyclic) bond motifs is 1. The van der Waals surface area contributed by atoms with Crippen LogP contribution in [0.15, 0.2) is 12.1 Å². The maximum Gasteiger partial charge on any atom is 0.324 e. The molecule has 0 aliphatic heterocycles. The number of nitrogens with zero attached hydrogens (tertiary/aromatic N) is 1. The standard InChI is InChI=1S/C15H15N3O4S2/c16-13(19)12-8-4-2-1-3-5-9(8)24-15(12)17-14(20)10-6-7-11(23-10)18(21)22/h6-7H,1-5H2,(H2,16,19)(H,17,20). The van der Waals surface area contributed by atoms with Crippen LogP contribution in [0.4, 0.5) is 10.0 Å². The van der Waals surface area contributed by atoms with Gasteiger partial charge in [0.25, 0.3) is 11.8 Å². The van der Waals surface area contributed by atoms with Crippen LogP contribution in [0, 0.1) is 10.1 Å². The molecule has 24 heavy (non-hydrogen) atoms. The van der Waals surface area contributed by atoms with E-state index in [1.807, 2.05) is 0 Å². The van der Waals surface area contributed by atoms with Crippen LogP contribution in [-0.2, 0) is 12.8 Å². The molecule has 0 fully saturated rings. The van der Waals surface area contributed by atoms with E-state index in [0.717, 1.165) is 53.9 Å². The summed E-state index contributed by atoms with van der Waals surface area (Å²) < 4.78 is 0. The predicted octanol–water partition coefficient (Wildman–Crippen LogP) is 3.34. The summed E-state index contributed by atoms with van der Waals surface area (Å²) >= 11 is 2.18. The number of primary amides is 1. The Morgan fingerprint density at radius 1 is 1.17 bits per heavy atom. The van der Waals surface area contributed by atoms with Crippen LogP contribution in [0.25, 0.3) is 0 Å². The molecule has 1 aliphatic carbocycles. The maximum absolute atomic E-state index is 12.3. The number of rotatable bonds is 4. The molecule has 2 aromatic heterocycles. The van der Waals surface area contributed by atoms with Crippen molar-refractivity contribution in [2.75, 3.05) is 5.32 Å². The summed E-state index contributed by atoms with van der Waals surface area (Å²) in [7, 11) is 0. The first-order valence-electron chi connectivity index (χ1n) is 7.47. The lowest BCUT2D eigenvalue weighted by Gasteiger charge is -2.05. The highest BCUT2D eigenvalue weighted by Crippen LogP contribution is 2.37. The van der Waals surface area contributed by atoms with E-state index in [1.165, 1.54) is 23.5 Å². The number of thiophene rings is 2. The van der Waals surface area contributed by atoms with Gasteiger partial charge in [-0.05, 0) is 37.3 Å². The highest BCUT2D eigenvalue weighted by molar-refractivity contribution is 7.18. The monoisotopic (exact) mass is 365 g/mol. The lowest BCUT2D eigenvalue weighted by molar-refractivity contribution is -0.380. The van der Waals surface area contributed by atoms with Gasteiger partial charge in [-0.2, -0.15) is 0 Å². The van der Waals surface area contributed by atoms with E-state index in [1.54, 1.807) is 0 Å². The van der Waals surface area contributed by atoms with Gasteiger partial charge >= 0.3 is 5.00 Å². The van der Waals surface area contributed by atoms with Gasteiger partial charge in [-0.25, -0.2) is 0 Å². The van der Waals surface area contributed by atoms with Crippen LogP contribution in [0.5, 0.6) is 0 Å². The van der Waals surface area contributed by atoms with Crippen molar-refractivity contribution in [2.24, 2.45) is 5.73 Å². The van der Waals surface area contributed by atoms with Crippen molar-refractivity contribution in [1.82, 2.24) is 0 Å². The number of carbonyl (C=O) groups is 2. The lowest BCUT2D eigenvalue weighted by atomic mass is 10.1. The zero-order valence-corrected chi connectivity index (χ0v) is 14.3. The number of anilines is 1. The van der Waals surface area contributed by atoms with Crippen LogP contribution in [0.3, 0.4) is 0 Å². The number of aryl methyl sites for hydroxylation is 1. The highest BCUT2D eigenvalue weighted by atomic mass is 32.1. The fraction of sp³-hybridized carbons (Fsp3) is 0.333. The molecule has 2 aromatic rings. The van der Waals surface area contributed by atoms with Crippen molar-refractivity contribution in [2.45, 2.75) is 32.1 Å². The Bertz CT molecular complexity index is 825. The molecule has 0 saturated carbocycles. The lowest BCUT2D eigenvalue weighted by Crippen LogP contribution is -2.17. The molecule has 0 radical (unpaired) electrons. The second kappa shape index (κ2) is 6.70. The van der Waals surface area contributed by atoms with Crippen molar-refractivity contribution in [3.05, 3.63) is 43.1 Å². The molecule has 7 nitrogen and oxygen atoms in total. The predicted molar refractivity (Wildman–Crippen MR) is 93.0 cm³/mol. The average molecular weight is 365 g/mol. The van der Waals surface area contributed by atoms with Crippen molar-refractivity contribution >= 4 is 44.5 Å². The minimum absolute atomic E-state index is 0.0998. The SMILES string of the molecule is NC(=O)c1c(NC(=O)c2ccc([N+](=O)[O-])s2)sc2c1CCCCC2. The first kappa shape index (κ1) is 16.6. The number of hydrogen-bond acceptors (Lipinski definition) is 6. The fourth-order valence-corrected chi connectivity index (χ4v) is 4.81. The van der Waals surface area contributed by atoms with E-state index in [2.05, 4.69) is 5.32 Å². The molecular weight excluding hydrogens is 350 g/mol. The molecule has 0 saturated heterocycles. The number of amides is 2. The summed E-state index contributed by atoms with van der Waals surface area (Å²) in [6.07, 6.45) is 4.82. The molecule has 2 amide bonds. The summed E-state index contributed by atoms with van der Waals surface area (Å²) in [6, 6.07) is 2.69. The van der Waals surface area contributed by atoms with E-state index in [0.29, 0.717) is 10.6 Å². The van der Waals surface area contributed by atoms with Gasteiger partial charge in [-0.1, -0.05) is 17.8 Å². The zero-order valence-electron chi connectivity index (χ0n) is 12.7. The van der Waals surface area contributed by atoms with E-state index < -0.39 is 16.7 Å². The Hall–Kier alpha value is -2.26. The molecule has 126 valence electrons. The maximum atomic E-state index is 12.3. The van der Waals surface area contributed by atoms with E-state index in [4.69, 9.17) is 5.73 Å². The number of nitrogens with one attached hydrogen (secondary N) is 1. The molecule has 0 aromatic carbocycles. The smallest absolute Gasteiger partial charge is 0.324 e. The Morgan fingerprint density at radius 2 is 1.92 bits per heavy atom. The number of hydrogen-bond donors (Lipinski definition) is 2. The van der Waals surface area contributed by atoms with Gasteiger partial charge in [0, 0.05) is 10.9 Å². The average Bonchev–Trinajstić information content (AvgIpc) is 3.07. The first-order chi connectivity index (χ1) is 11.5. The summed E-state index contributed by atoms with van der Waals surface area (Å²) in [4.78, 5) is 35.7. The third-order valence-corrected chi connectivity index (χ3v) is 6.13. The van der Waals surface area contributed by atoms with Crippen LogP contribution >= 0.6 is 22.7 Å². The minimum atomic E-state index is -0.554. The summed E-state index contributed by atoms with van der Waals surface area (Å²) in [5.41, 5.74) is 6.85. The van der Waals surface area contributed by atoms with Gasteiger partial charge in [0.15, 0.2) is 0 Å². The fourth-order valence-electron chi connectivity index (χ4n) is 2.80. The van der Waals surface area contributed by atoms with Gasteiger partial charge in [0.05, 0.1) is 15.4 Å². The molecule has 3 rings (SSSR count). The van der Waals surface area contributed by atoms with Gasteiger partial charge < -0.3 is 11.1 Å². The van der Waals surface area contributed by atoms with Crippen LogP contribution < -0.4 is 11.1 Å². The van der Waals surface area contributed by atoms with E-state index >= 15 is 0 Å². The Morgan fingerprint density at radius 3 is 2.58 bits per heavy atom. The Kier molecular flexibility index (Phi) is 4.63. The normalized spacial score (nSPS) is 13.8.